The number of piperazine rings is 1. The maximum Gasteiger partial charge on any atom is 0.219 e. The lowest BCUT2D eigenvalue weighted by Crippen LogP contribution is -2.48. The summed E-state index contributed by atoms with van der Waals surface area (Å²) in [5.74, 6) is 1.03. The van der Waals surface area contributed by atoms with Crippen LogP contribution in [0, 0.1) is 0 Å². The number of nitrogens with zero attached hydrogens (tertiary/aromatic N) is 3. The molecular weight excluding hydrogens is 248 g/mol. The molecule has 2 N–H and O–H groups in total. The van der Waals surface area contributed by atoms with Crippen LogP contribution in [0.15, 0.2) is 18.3 Å². The summed E-state index contributed by atoms with van der Waals surface area (Å²) < 4.78 is 0. The number of carbonyl (C=O) groups excluding carboxylic acids is 1. The van der Waals surface area contributed by atoms with Gasteiger partial charge in [0.05, 0.1) is 0 Å². The van der Waals surface area contributed by atoms with Crippen molar-refractivity contribution in [3.8, 4) is 0 Å². The zero-order valence-electron chi connectivity index (χ0n) is 10.3. The Kier molecular flexibility index (Phi) is 3.76. The lowest BCUT2D eigenvalue weighted by molar-refractivity contribution is -0.129. The molecule has 2 rings (SSSR count). The largest absolute Gasteiger partial charge is 0.389 e. The van der Waals surface area contributed by atoms with E-state index in [-0.39, 0.29) is 5.91 Å². The fourth-order valence-corrected chi connectivity index (χ4v) is 2.09. The molecule has 1 aromatic rings. The van der Waals surface area contributed by atoms with E-state index >= 15 is 0 Å². The number of pyridine rings is 1. The van der Waals surface area contributed by atoms with Crippen LogP contribution in [0.2, 0.25) is 0 Å². The van der Waals surface area contributed by atoms with Crippen molar-refractivity contribution in [3.63, 3.8) is 0 Å². The van der Waals surface area contributed by atoms with Crippen LogP contribution in [-0.2, 0) is 4.79 Å². The predicted octanol–water partition coefficient (Wildman–Crippen LogP) is 0.384. The van der Waals surface area contributed by atoms with E-state index in [1.54, 1.807) is 13.1 Å². The van der Waals surface area contributed by atoms with Gasteiger partial charge in [0, 0.05) is 44.9 Å². The Bertz CT molecular complexity index is 452. The second-order valence-corrected chi connectivity index (χ2v) is 4.70. The fraction of sp³-hybridized carbons (Fsp3) is 0.417. The summed E-state index contributed by atoms with van der Waals surface area (Å²) in [6, 6.07) is 3.79. The minimum atomic E-state index is 0.131. The lowest BCUT2D eigenvalue weighted by Gasteiger charge is -2.34. The van der Waals surface area contributed by atoms with Crippen LogP contribution in [0.5, 0.6) is 0 Å². The monoisotopic (exact) mass is 264 g/mol. The van der Waals surface area contributed by atoms with E-state index in [0.29, 0.717) is 4.99 Å². The van der Waals surface area contributed by atoms with Gasteiger partial charge in [0.15, 0.2) is 0 Å². The Morgan fingerprint density at radius 1 is 1.33 bits per heavy atom. The van der Waals surface area contributed by atoms with Crippen molar-refractivity contribution in [2.45, 2.75) is 6.92 Å². The zero-order valence-corrected chi connectivity index (χ0v) is 11.1. The van der Waals surface area contributed by atoms with Crippen LogP contribution >= 0.6 is 12.2 Å². The molecule has 1 amide bonds. The summed E-state index contributed by atoms with van der Waals surface area (Å²) in [6.45, 7) is 4.70. The van der Waals surface area contributed by atoms with Crippen molar-refractivity contribution in [1.29, 1.82) is 0 Å². The molecule has 0 aromatic carbocycles. The summed E-state index contributed by atoms with van der Waals surface area (Å²) in [6.07, 6.45) is 1.69. The van der Waals surface area contributed by atoms with Gasteiger partial charge in [-0.15, -0.1) is 0 Å². The van der Waals surface area contributed by atoms with E-state index in [0.717, 1.165) is 37.6 Å². The van der Waals surface area contributed by atoms with Gasteiger partial charge in [0.1, 0.15) is 10.8 Å². The van der Waals surface area contributed by atoms with Gasteiger partial charge in [-0.3, -0.25) is 4.79 Å². The number of hydrogen-bond donors (Lipinski definition) is 1. The third kappa shape index (κ3) is 2.76. The number of aromatic nitrogens is 1. The second-order valence-electron chi connectivity index (χ2n) is 4.26. The molecule has 0 spiro atoms. The van der Waals surface area contributed by atoms with Crippen LogP contribution in [0.4, 0.5) is 5.82 Å². The highest BCUT2D eigenvalue weighted by molar-refractivity contribution is 7.80. The molecule has 0 radical (unpaired) electrons. The summed E-state index contributed by atoms with van der Waals surface area (Å²) in [4.78, 5) is 19.9. The molecule has 6 heteroatoms. The van der Waals surface area contributed by atoms with Crippen molar-refractivity contribution < 1.29 is 4.79 Å². The molecule has 0 aliphatic carbocycles. The van der Waals surface area contributed by atoms with Gasteiger partial charge in [-0.25, -0.2) is 4.98 Å². The molecule has 1 fully saturated rings. The highest BCUT2D eigenvalue weighted by atomic mass is 32.1. The molecule has 5 nitrogen and oxygen atoms in total. The maximum absolute atomic E-state index is 11.2. The Labute approximate surface area is 112 Å². The number of rotatable bonds is 2. The van der Waals surface area contributed by atoms with Crippen molar-refractivity contribution in [1.82, 2.24) is 9.88 Å². The number of nitrogens with two attached hydrogens (primary N) is 1. The standard InChI is InChI=1S/C12H16N4OS/c1-9(17)15-4-6-16(7-5-15)11-3-2-10(8-14-11)12(13)18/h2-3,8H,4-7H2,1H3,(H2,13,18). The molecule has 2 heterocycles. The number of anilines is 1. The smallest absolute Gasteiger partial charge is 0.219 e. The van der Waals surface area contributed by atoms with Crippen molar-refractivity contribution in [2.75, 3.05) is 31.1 Å². The zero-order chi connectivity index (χ0) is 13.1. The molecule has 96 valence electrons. The first kappa shape index (κ1) is 12.8. The lowest BCUT2D eigenvalue weighted by atomic mass is 10.2. The van der Waals surface area contributed by atoms with Crippen LogP contribution in [0.1, 0.15) is 12.5 Å². The summed E-state index contributed by atoms with van der Waals surface area (Å²) in [7, 11) is 0. The first-order valence-electron chi connectivity index (χ1n) is 5.84. The molecule has 1 aliphatic rings. The summed E-state index contributed by atoms with van der Waals surface area (Å²) in [5.41, 5.74) is 6.30. The molecule has 1 aromatic heterocycles. The summed E-state index contributed by atoms with van der Waals surface area (Å²) in [5, 5.41) is 0. The topological polar surface area (TPSA) is 62.5 Å². The Morgan fingerprint density at radius 3 is 2.44 bits per heavy atom. The van der Waals surface area contributed by atoms with E-state index in [2.05, 4.69) is 9.88 Å². The first-order chi connectivity index (χ1) is 8.58. The quantitative estimate of drug-likeness (QED) is 0.783. The molecule has 0 atom stereocenters. The van der Waals surface area contributed by atoms with Gasteiger partial charge in [-0.1, -0.05) is 12.2 Å². The van der Waals surface area contributed by atoms with Crippen molar-refractivity contribution >= 4 is 28.9 Å². The van der Waals surface area contributed by atoms with E-state index in [1.807, 2.05) is 17.0 Å². The van der Waals surface area contributed by atoms with Gasteiger partial charge < -0.3 is 15.5 Å². The number of hydrogen-bond acceptors (Lipinski definition) is 4. The number of thiocarbonyl (C=S) groups is 1. The van der Waals surface area contributed by atoms with Crippen molar-refractivity contribution in [3.05, 3.63) is 23.9 Å². The number of carbonyl (C=O) groups is 1. The number of amides is 1. The highest BCUT2D eigenvalue weighted by Gasteiger charge is 2.19. The molecule has 0 saturated carbocycles. The fourth-order valence-electron chi connectivity index (χ4n) is 1.97. The molecular formula is C12H16N4OS. The van der Waals surface area contributed by atoms with E-state index in [4.69, 9.17) is 18.0 Å². The molecule has 18 heavy (non-hydrogen) atoms. The van der Waals surface area contributed by atoms with E-state index < -0.39 is 0 Å². The Morgan fingerprint density at radius 2 is 2.00 bits per heavy atom. The second kappa shape index (κ2) is 5.30. The maximum atomic E-state index is 11.2. The van der Waals surface area contributed by atoms with Gasteiger partial charge in [0.25, 0.3) is 0 Å². The Hall–Kier alpha value is -1.69. The van der Waals surface area contributed by atoms with Gasteiger partial charge in [-0.05, 0) is 12.1 Å². The van der Waals surface area contributed by atoms with Crippen LogP contribution in [0.3, 0.4) is 0 Å². The van der Waals surface area contributed by atoms with E-state index in [1.165, 1.54) is 0 Å². The minimum absolute atomic E-state index is 0.131. The van der Waals surface area contributed by atoms with Crippen LogP contribution in [-0.4, -0.2) is 47.0 Å². The SMILES string of the molecule is CC(=O)N1CCN(c2ccc(C(N)=S)cn2)CC1. The van der Waals surface area contributed by atoms with Gasteiger partial charge in [-0.2, -0.15) is 0 Å². The predicted molar refractivity (Wildman–Crippen MR) is 74.6 cm³/mol. The first-order valence-corrected chi connectivity index (χ1v) is 6.25. The minimum Gasteiger partial charge on any atom is -0.389 e. The Balaban J connectivity index is 2.01. The van der Waals surface area contributed by atoms with E-state index in [9.17, 15) is 4.79 Å². The van der Waals surface area contributed by atoms with Gasteiger partial charge in [0.2, 0.25) is 5.91 Å². The molecule has 0 unspecified atom stereocenters. The molecule has 0 bridgehead atoms. The van der Waals surface area contributed by atoms with Crippen LogP contribution < -0.4 is 10.6 Å². The summed E-state index contributed by atoms with van der Waals surface area (Å²) >= 11 is 4.89. The van der Waals surface area contributed by atoms with Crippen molar-refractivity contribution in [2.24, 2.45) is 5.73 Å². The molecule has 1 aliphatic heterocycles. The molecule has 1 saturated heterocycles. The van der Waals surface area contributed by atoms with Gasteiger partial charge >= 0.3 is 0 Å². The third-order valence-electron chi connectivity index (χ3n) is 3.08. The average Bonchev–Trinajstić information content (AvgIpc) is 2.39. The third-order valence-corrected chi connectivity index (χ3v) is 3.32. The van der Waals surface area contributed by atoms with Crippen LogP contribution in [0.25, 0.3) is 0 Å². The highest BCUT2D eigenvalue weighted by Crippen LogP contribution is 2.14. The normalized spacial score (nSPS) is 15.6. The average molecular weight is 264 g/mol.